The highest BCUT2D eigenvalue weighted by atomic mass is 16.7. The molecule has 0 saturated heterocycles. The zero-order valence-electron chi connectivity index (χ0n) is 13.0. The third-order valence-electron chi connectivity index (χ3n) is 4.24. The van der Waals surface area contributed by atoms with E-state index in [1.54, 1.807) is 18.2 Å². The number of benzene rings is 2. The van der Waals surface area contributed by atoms with Crippen LogP contribution < -0.4 is 19.5 Å². The molecule has 0 atom stereocenters. The Morgan fingerprint density at radius 2 is 1.92 bits per heavy atom. The molecular weight excluding hydrogens is 322 g/mol. The fraction of sp³-hybridized carbons (Fsp3) is 0.111. The predicted octanol–water partition coefficient (Wildman–Crippen LogP) is 2.95. The van der Waals surface area contributed by atoms with Gasteiger partial charge in [0.15, 0.2) is 11.5 Å². The molecule has 0 spiro atoms. The largest absolute Gasteiger partial charge is 0.488 e. The summed E-state index contributed by atoms with van der Waals surface area (Å²) in [5.74, 6) is 1.77. The monoisotopic (exact) mass is 335 g/mol. The van der Waals surface area contributed by atoms with Crippen LogP contribution in [-0.2, 0) is 6.61 Å². The first kappa shape index (κ1) is 13.9. The van der Waals surface area contributed by atoms with E-state index in [2.05, 4.69) is 15.5 Å². The van der Waals surface area contributed by atoms with Gasteiger partial charge in [0.05, 0.1) is 0 Å². The van der Waals surface area contributed by atoms with Crippen LogP contribution >= 0.6 is 0 Å². The van der Waals surface area contributed by atoms with Gasteiger partial charge >= 0.3 is 0 Å². The molecule has 25 heavy (non-hydrogen) atoms. The number of anilines is 1. The van der Waals surface area contributed by atoms with Crippen LogP contribution in [-0.4, -0.2) is 22.9 Å². The Hall–Kier alpha value is -3.48. The van der Waals surface area contributed by atoms with Gasteiger partial charge in [0.2, 0.25) is 6.79 Å². The number of rotatable bonds is 2. The van der Waals surface area contributed by atoms with Crippen molar-refractivity contribution in [2.24, 2.45) is 0 Å². The minimum absolute atomic E-state index is 0.192. The lowest BCUT2D eigenvalue weighted by Crippen LogP contribution is -2.16. The van der Waals surface area contributed by atoms with Crippen LogP contribution in [0.15, 0.2) is 42.5 Å². The van der Waals surface area contributed by atoms with E-state index in [-0.39, 0.29) is 12.7 Å². The van der Waals surface area contributed by atoms with Gasteiger partial charge in [-0.2, -0.15) is 5.10 Å². The summed E-state index contributed by atoms with van der Waals surface area (Å²) in [4.78, 5) is 12.6. The molecular formula is C18H13N3O4. The SMILES string of the molecule is O=C(Nc1ccc2c(c1)OCO2)c1[nH]nc2c1COc1ccccc1-2. The van der Waals surface area contributed by atoms with Crippen LogP contribution in [0.25, 0.3) is 11.3 Å². The molecule has 7 heteroatoms. The normalized spacial score (nSPS) is 13.6. The van der Waals surface area contributed by atoms with Crippen molar-refractivity contribution >= 4 is 11.6 Å². The van der Waals surface area contributed by atoms with Crippen LogP contribution in [0.4, 0.5) is 5.69 Å². The van der Waals surface area contributed by atoms with Crippen molar-refractivity contribution in [3.05, 3.63) is 53.7 Å². The second-order valence-corrected chi connectivity index (χ2v) is 5.73. The number of nitrogens with one attached hydrogen (secondary N) is 2. The number of H-pyrrole nitrogens is 1. The molecule has 3 aromatic rings. The van der Waals surface area contributed by atoms with E-state index in [9.17, 15) is 4.79 Å². The van der Waals surface area contributed by atoms with E-state index in [1.807, 2.05) is 24.3 Å². The van der Waals surface area contributed by atoms with Crippen molar-refractivity contribution in [1.82, 2.24) is 10.2 Å². The number of aromatic nitrogens is 2. The number of hydrogen-bond acceptors (Lipinski definition) is 5. The highest BCUT2D eigenvalue weighted by Crippen LogP contribution is 2.37. The third-order valence-corrected chi connectivity index (χ3v) is 4.24. The van der Waals surface area contributed by atoms with Gasteiger partial charge in [0.25, 0.3) is 5.91 Å². The number of ether oxygens (including phenoxy) is 3. The molecule has 2 aliphatic heterocycles. The Morgan fingerprint density at radius 3 is 2.88 bits per heavy atom. The van der Waals surface area contributed by atoms with Gasteiger partial charge in [0.1, 0.15) is 23.7 Å². The van der Waals surface area contributed by atoms with Gasteiger partial charge in [0, 0.05) is 22.9 Å². The summed E-state index contributed by atoms with van der Waals surface area (Å²) in [6.07, 6.45) is 0. The Morgan fingerprint density at radius 1 is 1.04 bits per heavy atom. The Bertz CT molecular complexity index is 996. The molecule has 0 radical (unpaired) electrons. The zero-order valence-corrected chi connectivity index (χ0v) is 13.0. The van der Waals surface area contributed by atoms with Crippen molar-refractivity contribution in [2.45, 2.75) is 6.61 Å². The molecule has 0 fully saturated rings. The zero-order chi connectivity index (χ0) is 16.8. The van der Waals surface area contributed by atoms with E-state index < -0.39 is 0 Å². The van der Waals surface area contributed by atoms with Gasteiger partial charge < -0.3 is 19.5 Å². The number of para-hydroxylation sites is 1. The predicted molar refractivity (Wildman–Crippen MR) is 88.9 cm³/mol. The van der Waals surface area contributed by atoms with Crippen molar-refractivity contribution in [3.8, 4) is 28.5 Å². The van der Waals surface area contributed by atoms with Crippen molar-refractivity contribution in [1.29, 1.82) is 0 Å². The smallest absolute Gasteiger partial charge is 0.274 e. The molecule has 2 aromatic carbocycles. The summed E-state index contributed by atoms with van der Waals surface area (Å²) in [6, 6.07) is 12.9. The number of aromatic amines is 1. The number of hydrogen-bond donors (Lipinski definition) is 2. The molecule has 124 valence electrons. The van der Waals surface area contributed by atoms with Gasteiger partial charge in [-0.1, -0.05) is 12.1 Å². The van der Waals surface area contributed by atoms with Crippen molar-refractivity contribution in [3.63, 3.8) is 0 Å². The second-order valence-electron chi connectivity index (χ2n) is 5.73. The number of nitrogens with zero attached hydrogens (tertiary/aromatic N) is 1. The molecule has 7 nitrogen and oxygen atoms in total. The number of carbonyl (C=O) groups is 1. The summed E-state index contributed by atoms with van der Waals surface area (Å²) in [7, 11) is 0. The minimum atomic E-state index is -0.282. The highest BCUT2D eigenvalue weighted by Gasteiger charge is 2.26. The molecule has 0 aliphatic carbocycles. The molecule has 5 rings (SSSR count). The van der Waals surface area contributed by atoms with Gasteiger partial charge in [-0.15, -0.1) is 0 Å². The second kappa shape index (κ2) is 5.27. The van der Waals surface area contributed by atoms with Gasteiger partial charge in [-0.25, -0.2) is 0 Å². The lowest BCUT2D eigenvalue weighted by molar-refractivity contribution is 0.102. The molecule has 2 N–H and O–H groups in total. The molecule has 2 aliphatic rings. The first-order valence-electron chi connectivity index (χ1n) is 7.80. The maximum atomic E-state index is 12.6. The van der Waals surface area contributed by atoms with Crippen LogP contribution in [0, 0.1) is 0 Å². The summed E-state index contributed by atoms with van der Waals surface area (Å²) in [5, 5.41) is 9.99. The maximum Gasteiger partial charge on any atom is 0.274 e. The average Bonchev–Trinajstić information content (AvgIpc) is 3.28. The molecule has 0 unspecified atom stereocenters. The van der Waals surface area contributed by atoms with E-state index in [4.69, 9.17) is 14.2 Å². The summed E-state index contributed by atoms with van der Waals surface area (Å²) >= 11 is 0. The van der Waals surface area contributed by atoms with Crippen LogP contribution in [0.3, 0.4) is 0 Å². The van der Waals surface area contributed by atoms with Crippen molar-refractivity contribution in [2.75, 3.05) is 12.1 Å². The lowest BCUT2D eigenvalue weighted by Gasteiger charge is -2.17. The molecule has 0 bridgehead atoms. The summed E-state index contributed by atoms with van der Waals surface area (Å²) < 4.78 is 16.3. The Labute approximate surface area is 142 Å². The molecule has 1 amide bonds. The maximum absolute atomic E-state index is 12.6. The van der Waals surface area contributed by atoms with Crippen LogP contribution in [0.2, 0.25) is 0 Å². The topological polar surface area (TPSA) is 85.5 Å². The molecule has 0 saturated carbocycles. The van der Waals surface area contributed by atoms with Crippen molar-refractivity contribution < 1.29 is 19.0 Å². The highest BCUT2D eigenvalue weighted by molar-refractivity contribution is 6.05. The quantitative estimate of drug-likeness (QED) is 0.752. The molecule has 1 aromatic heterocycles. The lowest BCUT2D eigenvalue weighted by atomic mass is 10.0. The van der Waals surface area contributed by atoms with Gasteiger partial charge in [-0.3, -0.25) is 9.89 Å². The number of fused-ring (bicyclic) bond motifs is 4. The van der Waals surface area contributed by atoms with E-state index >= 15 is 0 Å². The average molecular weight is 335 g/mol. The Balaban J connectivity index is 1.45. The van der Waals surface area contributed by atoms with E-state index in [0.717, 1.165) is 22.6 Å². The fourth-order valence-corrected chi connectivity index (χ4v) is 3.02. The standard InChI is InChI=1S/C18H13N3O4/c22-18(19-10-5-6-14-15(7-10)25-9-24-14)17-12-8-23-13-4-2-1-3-11(13)16(12)20-21-17/h1-7H,8-9H2,(H,19,22)(H,20,21). The summed E-state index contributed by atoms with van der Waals surface area (Å²) in [6.45, 7) is 0.490. The number of carbonyl (C=O) groups excluding carboxylic acids is 1. The fourth-order valence-electron chi connectivity index (χ4n) is 3.02. The third kappa shape index (κ3) is 2.20. The van der Waals surface area contributed by atoms with Crippen LogP contribution in [0.1, 0.15) is 16.1 Å². The van der Waals surface area contributed by atoms with Crippen LogP contribution in [0.5, 0.6) is 17.2 Å². The first-order valence-corrected chi connectivity index (χ1v) is 7.80. The minimum Gasteiger partial charge on any atom is -0.488 e. The number of amides is 1. The van der Waals surface area contributed by atoms with E-state index in [0.29, 0.717) is 29.5 Å². The van der Waals surface area contributed by atoms with Gasteiger partial charge in [-0.05, 0) is 24.3 Å². The molecule has 3 heterocycles. The van der Waals surface area contributed by atoms with E-state index in [1.165, 1.54) is 0 Å². The Kier molecular flexibility index (Phi) is 2.93. The summed E-state index contributed by atoms with van der Waals surface area (Å²) in [5.41, 5.74) is 3.38. The first-order chi connectivity index (χ1) is 12.3.